The minimum atomic E-state index is -0.252. The maximum atomic E-state index is 13.1. The SMILES string of the molecule is CC(C)N1CCn2nc(C(=O)N3CC[C@H]3c3ccc(F)cc3)cc2C1. The summed E-state index contributed by atoms with van der Waals surface area (Å²) in [7, 11) is 0. The van der Waals surface area contributed by atoms with Crippen molar-refractivity contribution in [3.63, 3.8) is 0 Å². The van der Waals surface area contributed by atoms with Crippen molar-refractivity contribution in [1.29, 1.82) is 0 Å². The molecule has 2 aliphatic rings. The van der Waals surface area contributed by atoms with E-state index in [4.69, 9.17) is 0 Å². The summed E-state index contributed by atoms with van der Waals surface area (Å²) in [6.07, 6.45) is 0.909. The molecule has 1 atom stereocenters. The van der Waals surface area contributed by atoms with Crippen molar-refractivity contribution in [2.45, 2.75) is 45.4 Å². The molecule has 1 fully saturated rings. The van der Waals surface area contributed by atoms with Crippen LogP contribution in [0, 0.1) is 5.82 Å². The lowest BCUT2D eigenvalue weighted by molar-refractivity contribution is 0.0453. The first kappa shape index (κ1) is 16.3. The first-order chi connectivity index (χ1) is 12.0. The second-order valence-corrected chi connectivity index (χ2v) is 7.16. The molecule has 2 aliphatic heterocycles. The summed E-state index contributed by atoms with van der Waals surface area (Å²) in [4.78, 5) is 17.1. The lowest BCUT2D eigenvalue weighted by atomic mass is 9.94. The molecule has 1 aromatic heterocycles. The molecule has 25 heavy (non-hydrogen) atoms. The second kappa shape index (κ2) is 6.26. The van der Waals surface area contributed by atoms with Gasteiger partial charge in [-0.3, -0.25) is 14.4 Å². The average Bonchev–Trinajstić information content (AvgIpc) is 2.99. The number of carbonyl (C=O) groups is 1. The number of fused-ring (bicyclic) bond motifs is 1. The summed E-state index contributed by atoms with van der Waals surface area (Å²) in [5.41, 5.74) is 2.60. The molecule has 0 spiro atoms. The Labute approximate surface area is 147 Å². The number of nitrogens with zero attached hydrogens (tertiary/aromatic N) is 4. The van der Waals surface area contributed by atoms with Gasteiger partial charge in [0, 0.05) is 25.7 Å². The van der Waals surface area contributed by atoms with E-state index < -0.39 is 0 Å². The fraction of sp³-hybridized carbons (Fsp3) is 0.474. The number of hydrogen-bond donors (Lipinski definition) is 0. The van der Waals surface area contributed by atoms with Crippen molar-refractivity contribution in [3.05, 3.63) is 53.1 Å². The largest absolute Gasteiger partial charge is 0.330 e. The van der Waals surface area contributed by atoms with E-state index in [2.05, 4.69) is 23.8 Å². The first-order valence-corrected chi connectivity index (χ1v) is 8.90. The van der Waals surface area contributed by atoms with Gasteiger partial charge in [-0.1, -0.05) is 12.1 Å². The Balaban J connectivity index is 1.51. The van der Waals surface area contributed by atoms with Gasteiger partial charge in [0.1, 0.15) is 5.82 Å². The molecule has 0 unspecified atom stereocenters. The van der Waals surface area contributed by atoms with E-state index in [1.807, 2.05) is 15.6 Å². The van der Waals surface area contributed by atoms with Crippen LogP contribution in [0.15, 0.2) is 30.3 Å². The van der Waals surface area contributed by atoms with Crippen LogP contribution in [0.25, 0.3) is 0 Å². The minimum Gasteiger partial charge on any atom is -0.330 e. The number of halogens is 1. The molecular formula is C19H23FN4O. The van der Waals surface area contributed by atoms with Crippen molar-refractivity contribution >= 4 is 5.91 Å². The van der Waals surface area contributed by atoms with Crippen LogP contribution in [0.2, 0.25) is 0 Å². The predicted octanol–water partition coefficient (Wildman–Crippen LogP) is 2.83. The van der Waals surface area contributed by atoms with Crippen LogP contribution < -0.4 is 0 Å². The summed E-state index contributed by atoms with van der Waals surface area (Å²) < 4.78 is 15.1. The van der Waals surface area contributed by atoms with E-state index in [9.17, 15) is 9.18 Å². The molecule has 0 N–H and O–H groups in total. The molecule has 0 aliphatic carbocycles. The van der Waals surface area contributed by atoms with E-state index in [1.54, 1.807) is 12.1 Å². The maximum Gasteiger partial charge on any atom is 0.274 e. The molecule has 132 valence electrons. The Morgan fingerprint density at radius 1 is 1.20 bits per heavy atom. The molecule has 1 saturated heterocycles. The van der Waals surface area contributed by atoms with Gasteiger partial charge < -0.3 is 4.90 Å². The monoisotopic (exact) mass is 342 g/mol. The van der Waals surface area contributed by atoms with Crippen LogP contribution in [0.1, 0.15) is 48.1 Å². The van der Waals surface area contributed by atoms with Crippen molar-refractivity contribution in [2.75, 3.05) is 13.1 Å². The van der Waals surface area contributed by atoms with Crippen LogP contribution >= 0.6 is 0 Å². The molecule has 4 rings (SSSR count). The Morgan fingerprint density at radius 3 is 2.60 bits per heavy atom. The first-order valence-electron chi connectivity index (χ1n) is 8.90. The van der Waals surface area contributed by atoms with Gasteiger partial charge in [-0.15, -0.1) is 0 Å². The highest BCUT2D eigenvalue weighted by atomic mass is 19.1. The van der Waals surface area contributed by atoms with Crippen LogP contribution in [-0.4, -0.2) is 44.6 Å². The smallest absolute Gasteiger partial charge is 0.274 e. The number of hydrogen-bond acceptors (Lipinski definition) is 3. The summed E-state index contributed by atoms with van der Waals surface area (Å²) >= 11 is 0. The van der Waals surface area contributed by atoms with Gasteiger partial charge in [0.15, 0.2) is 5.69 Å². The highest BCUT2D eigenvalue weighted by Gasteiger charge is 2.35. The molecule has 0 saturated carbocycles. The van der Waals surface area contributed by atoms with E-state index in [1.165, 1.54) is 12.1 Å². The number of rotatable bonds is 3. The molecular weight excluding hydrogens is 319 g/mol. The zero-order chi connectivity index (χ0) is 17.6. The number of likely N-dealkylation sites (tertiary alicyclic amines) is 1. The van der Waals surface area contributed by atoms with Crippen LogP contribution in [0.4, 0.5) is 4.39 Å². The fourth-order valence-electron chi connectivity index (χ4n) is 3.64. The summed E-state index contributed by atoms with van der Waals surface area (Å²) in [6, 6.07) is 8.87. The fourth-order valence-corrected chi connectivity index (χ4v) is 3.64. The van der Waals surface area contributed by atoms with Gasteiger partial charge in [-0.05, 0) is 44.0 Å². The van der Waals surface area contributed by atoms with Gasteiger partial charge >= 0.3 is 0 Å². The highest BCUT2D eigenvalue weighted by molar-refractivity contribution is 5.93. The molecule has 0 radical (unpaired) electrons. The van der Waals surface area contributed by atoms with Gasteiger partial charge in [0.05, 0.1) is 18.3 Å². The third kappa shape index (κ3) is 2.95. The maximum absolute atomic E-state index is 13.1. The molecule has 1 amide bonds. The predicted molar refractivity (Wildman–Crippen MR) is 92.6 cm³/mol. The summed E-state index contributed by atoms with van der Waals surface area (Å²) in [5, 5.41) is 4.53. The molecule has 0 bridgehead atoms. The van der Waals surface area contributed by atoms with Gasteiger partial charge in [-0.2, -0.15) is 5.10 Å². The standard InChI is InChI=1S/C19H23FN4O/c1-13(2)22-9-10-24-16(12-22)11-17(21-24)19(25)23-8-7-18(23)14-3-5-15(20)6-4-14/h3-6,11,13,18H,7-10,12H2,1-2H3/t18-/m0/s1. The second-order valence-electron chi connectivity index (χ2n) is 7.16. The lowest BCUT2D eigenvalue weighted by Gasteiger charge is -2.41. The van der Waals surface area contributed by atoms with Crippen molar-refractivity contribution in [2.24, 2.45) is 0 Å². The zero-order valence-corrected chi connectivity index (χ0v) is 14.7. The third-order valence-electron chi connectivity index (χ3n) is 5.31. The minimum absolute atomic E-state index is 0.0268. The topological polar surface area (TPSA) is 41.4 Å². The number of benzene rings is 1. The number of aromatic nitrogens is 2. The highest BCUT2D eigenvalue weighted by Crippen LogP contribution is 2.34. The summed E-state index contributed by atoms with van der Waals surface area (Å²) in [5.74, 6) is -0.281. The van der Waals surface area contributed by atoms with E-state index in [-0.39, 0.29) is 17.8 Å². The Kier molecular flexibility index (Phi) is 4.07. The van der Waals surface area contributed by atoms with Gasteiger partial charge in [-0.25, -0.2) is 4.39 Å². The quantitative estimate of drug-likeness (QED) is 0.861. The number of carbonyl (C=O) groups excluding carboxylic acids is 1. The zero-order valence-electron chi connectivity index (χ0n) is 14.7. The molecule has 3 heterocycles. The number of amides is 1. The lowest BCUT2D eigenvalue weighted by Crippen LogP contribution is -2.45. The average molecular weight is 342 g/mol. The Bertz CT molecular complexity index is 783. The van der Waals surface area contributed by atoms with E-state index in [0.717, 1.165) is 43.9 Å². The molecule has 5 nitrogen and oxygen atoms in total. The van der Waals surface area contributed by atoms with Crippen molar-refractivity contribution < 1.29 is 9.18 Å². The third-order valence-corrected chi connectivity index (χ3v) is 5.31. The Hall–Kier alpha value is -2.21. The van der Waals surface area contributed by atoms with Crippen molar-refractivity contribution in [1.82, 2.24) is 19.6 Å². The van der Waals surface area contributed by atoms with Crippen LogP contribution in [0.3, 0.4) is 0 Å². The van der Waals surface area contributed by atoms with Crippen molar-refractivity contribution in [3.8, 4) is 0 Å². The van der Waals surface area contributed by atoms with Gasteiger partial charge in [0.25, 0.3) is 5.91 Å². The summed E-state index contributed by atoms with van der Waals surface area (Å²) in [6.45, 7) is 7.71. The van der Waals surface area contributed by atoms with Gasteiger partial charge in [0.2, 0.25) is 0 Å². The van der Waals surface area contributed by atoms with Crippen LogP contribution in [0.5, 0.6) is 0 Å². The molecule has 1 aromatic carbocycles. The van der Waals surface area contributed by atoms with Crippen LogP contribution in [-0.2, 0) is 13.1 Å². The normalized spacial score (nSPS) is 20.5. The van der Waals surface area contributed by atoms with E-state index >= 15 is 0 Å². The molecule has 6 heteroatoms. The Morgan fingerprint density at radius 2 is 1.96 bits per heavy atom. The van der Waals surface area contributed by atoms with E-state index in [0.29, 0.717) is 11.7 Å². The molecule has 2 aromatic rings.